The summed E-state index contributed by atoms with van der Waals surface area (Å²) in [5.74, 6) is 0.488. The van der Waals surface area contributed by atoms with E-state index in [0.717, 1.165) is 35.1 Å². The molecule has 1 aromatic heterocycles. The summed E-state index contributed by atoms with van der Waals surface area (Å²) in [5, 5.41) is 3.79. The van der Waals surface area contributed by atoms with E-state index in [1.54, 1.807) is 23.2 Å². The molecule has 0 aliphatic carbocycles. The van der Waals surface area contributed by atoms with Crippen LogP contribution in [0.2, 0.25) is 0 Å². The average molecular weight is 375 g/mol. The van der Waals surface area contributed by atoms with Crippen LogP contribution in [0.1, 0.15) is 18.4 Å². The van der Waals surface area contributed by atoms with E-state index in [9.17, 15) is 9.59 Å². The Morgan fingerprint density at radius 3 is 2.75 bits per heavy atom. The number of hydrogen-bond donors (Lipinski definition) is 1. The number of amides is 2. The van der Waals surface area contributed by atoms with E-state index in [0.29, 0.717) is 17.9 Å². The third-order valence-corrected chi connectivity index (χ3v) is 4.84. The van der Waals surface area contributed by atoms with Gasteiger partial charge in [-0.05, 0) is 61.4 Å². The SMILES string of the molecule is Cc1ccc(NC(=O)COc2ccc(N3CCCC3=O)cc2)c2cccnc12. The summed E-state index contributed by atoms with van der Waals surface area (Å²) in [6.45, 7) is 2.64. The second-order valence-corrected chi connectivity index (χ2v) is 6.81. The fraction of sp³-hybridized carbons (Fsp3) is 0.227. The van der Waals surface area contributed by atoms with E-state index in [1.165, 1.54) is 0 Å². The first-order valence-electron chi connectivity index (χ1n) is 9.29. The molecule has 0 unspecified atom stereocenters. The van der Waals surface area contributed by atoms with Crippen molar-refractivity contribution in [2.24, 2.45) is 0 Å². The molecule has 6 heteroatoms. The quantitative estimate of drug-likeness (QED) is 0.738. The summed E-state index contributed by atoms with van der Waals surface area (Å²) in [6, 6.07) is 14.8. The van der Waals surface area contributed by atoms with Gasteiger partial charge in [0.05, 0.1) is 11.2 Å². The van der Waals surface area contributed by atoms with Crippen LogP contribution in [0.4, 0.5) is 11.4 Å². The lowest BCUT2D eigenvalue weighted by atomic mass is 10.1. The second-order valence-electron chi connectivity index (χ2n) is 6.81. The third-order valence-electron chi connectivity index (χ3n) is 4.84. The summed E-state index contributed by atoms with van der Waals surface area (Å²) in [4.78, 5) is 30.3. The molecule has 142 valence electrons. The minimum absolute atomic E-state index is 0.0996. The van der Waals surface area contributed by atoms with Crippen molar-refractivity contribution >= 4 is 34.1 Å². The lowest BCUT2D eigenvalue weighted by Gasteiger charge is -2.16. The van der Waals surface area contributed by atoms with Gasteiger partial charge in [-0.3, -0.25) is 14.6 Å². The van der Waals surface area contributed by atoms with Gasteiger partial charge in [0.2, 0.25) is 5.91 Å². The maximum atomic E-state index is 12.3. The van der Waals surface area contributed by atoms with Crippen molar-refractivity contribution in [3.8, 4) is 5.75 Å². The molecule has 1 saturated heterocycles. The molecule has 2 amide bonds. The van der Waals surface area contributed by atoms with E-state index < -0.39 is 0 Å². The molecule has 0 saturated carbocycles. The van der Waals surface area contributed by atoms with Crippen LogP contribution in [-0.4, -0.2) is 29.9 Å². The maximum Gasteiger partial charge on any atom is 0.262 e. The molecule has 3 aromatic rings. The van der Waals surface area contributed by atoms with Crippen molar-refractivity contribution in [3.63, 3.8) is 0 Å². The number of nitrogens with one attached hydrogen (secondary N) is 1. The molecule has 28 heavy (non-hydrogen) atoms. The molecule has 0 radical (unpaired) electrons. The van der Waals surface area contributed by atoms with Gasteiger partial charge >= 0.3 is 0 Å². The van der Waals surface area contributed by atoms with Crippen LogP contribution < -0.4 is 15.0 Å². The van der Waals surface area contributed by atoms with Crippen molar-refractivity contribution < 1.29 is 14.3 Å². The highest BCUT2D eigenvalue weighted by Gasteiger charge is 2.21. The summed E-state index contributed by atoms with van der Waals surface area (Å²) in [7, 11) is 0. The van der Waals surface area contributed by atoms with Crippen LogP contribution in [0, 0.1) is 6.92 Å². The standard InChI is InChI=1S/C22H21N3O3/c1-15-6-11-19(18-4-2-12-23-22(15)18)24-20(26)14-28-17-9-7-16(8-10-17)25-13-3-5-21(25)27/h2,4,6-12H,3,5,13-14H2,1H3,(H,24,26). The lowest BCUT2D eigenvalue weighted by Crippen LogP contribution is -2.23. The Hall–Kier alpha value is -3.41. The molecule has 6 nitrogen and oxygen atoms in total. The fourth-order valence-corrected chi connectivity index (χ4v) is 3.40. The van der Waals surface area contributed by atoms with E-state index in [2.05, 4.69) is 10.3 Å². The highest BCUT2D eigenvalue weighted by molar-refractivity contribution is 6.02. The number of ether oxygens (including phenoxy) is 1. The molecule has 0 bridgehead atoms. The van der Waals surface area contributed by atoms with Gasteiger partial charge in [0.15, 0.2) is 6.61 Å². The third kappa shape index (κ3) is 3.67. The predicted octanol–water partition coefficient (Wildman–Crippen LogP) is 3.69. The summed E-state index contributed by atoms with van der Waals surface area (Å²) in [5.41, 5.74) is 3.50. The van der Waals surface area contributed by atoms with Gasteiger partial charge in [-0.25, -0.2) is 0 Å². The lowest BCUT2D eigenvalue weighted by molar-refractivity contribution is -0.118. The topological polar surface area (TPSA) is 71.5 Å². The zero-order valence-corrected chi connectivity index (χ0v) is 15.6. The number of rotatable bonds is 5. The second kappa shape index (κ2) is 7.68. The average Bonchev–Trinajstić information content (AvgIpc) is 3.15. The van der Waals surface area contributed by atoms with Gasteiger partial charge in [-0.15, -0.1) is 0 Å². The Bertz CT molecular complexity index is 1030. The van der Waals surface area contributed by atoms with Crippen LogP contribution in [-0.2, 0) is 9.59 Å². The number of aromatic nitrogens is 1. The van der Waals surface area contributed by atoms with Crippen molar-refractivity contribution in [3.05, 3.63) is 60.3 Å². The smallest absolute Gasteiger partial charge is 0.262 e. The normalized spacial score (nSPS) is 13.8. The van der Waals surface area contributed by atoms with Gasteiger partial charge in [0.25, 0.3) is 5.91 Å². The van der Waals surface area contributed by atoms with E-state index in [1.807, 2.05) is 43.3 Å². The first-order valence-corrected chi connectivity index (χ1v) is 9.29. The molecular weight excluding hydrogens is 354 g/mol. The monoisotopic (exact) mass is 375 g/mol. The van der Waals surface area contributed by atoms with Crippen molar-refractivity contribution in [2.75, 3.05) is 23.4 Å². The minimum Gasteiger partial charge on any atom is -0.484 e. The summed E-state index contributed by atoms with van der Waals surface area (Å²) in [6.07, 6.45) is 3.23. The Labute approximate surface area is 163 Å². The van der Waals surface area contributed by atoms with Crippen LogP contribution >= 0.6 is 0 Å². The molecule has 0 spiro atoms. The van der Waals surface area contributed by atoms with Crippen molar-refractivity contribution in [2.45, 2.75) is 19.8 Å². The molecule has 0 atom stereocenters. The minimum atomic E-state index is -0.243. The Morgan fingerprint density at radius 1 is 1.18 bits per heavy atom. The zero-order chi connectivity index (χ0) is 19.5. The highest BCUT2D eigenvalue weighted by atomic mass is 16.5. The fourth-order valence-electron chi connectivity index (χ4n) is 3.40. The van der Waals surface area contributed by atoms with Crippen molar-refractivity contribution in [1.29, 1.82) is 0 Å². The van der Waals surface area contributed by atoms with E-state index >= 15 is 0 Å². The van der Waals surface area contributed by atoms with Gasteiger partial charge in [0, 0.05) is 30.2 Å². The number of nitrogens with zero attached hydrogens (tertiary/aromatic N) is 2. The van der Waals surface area contributed by atoms with Gasteiger partial charge in [-0.2, -0.15) is 0 Å². The van der Waals surface area contributed by atoms with E-state index in [-0.39, 0.29) is 18.4 Å². The molecule has 4 rings (SSSR count). The first kappa shape index (κ1) is 18.0. The van der Waals surface area contributed by atoms with Crippen molar-refractivity contribution in [1.82, 2.24) is 4.98 Å². The number of hydrogen-bond acceptors (Lipinski definition) is 4. The molecule has 1 aliphatic heterocycles. The summed E-state index contributed by atoms with van der Waals surface area (Å²) >= 11 is 0. The van der Waals surface area contributed by atoms with Gasteiger partial charge in [0.1, 0.15) is 5.75 Å². The van der Waals surface area contributed by atoms with Crippen LogP contribution in [0.3, 0.4) is 0 Å². The van der Waals surface area contributed by atoms with Crippen LogP contribution in [0.5, 0.6) is 5.75 Å². The summed E-state index contributed by atoms with van der Waals surface area (Å²) < 4.78 is 5.59. The zero-order valence-electron chi connectivity index (χ0n) is 15.6. The van der Waals surface area contributed by atoms with E-state index in [4.69, 9.17) is 4.74 Å². The van der Waals surface area contributed by atoms with Crippen LogP contribution in [0.15, 0.2) is 54.7 Å². The maximum absolute atomic E-state index is 12.3. The first-order chi connectivity index (χ1) is 13.6. The number of aryl methyl sites for hydroxylation is 1. The highest BCUT2D eigenvalue weighted by Crippen LogP contribution is 2.25. The Kier molecular flexibility index (Phi) is 4.93. The molecule has 1 N–H and O–H groups in total. The number of carbonyl (C=O) groups excluding carboxylic acids is 2. The molecule has 1 fully saturated rings. The molecule has 1 aliphatic rings. The Morgan fingerprint density at radius 2 is 2.00 bits per heavy atom. The van der Waals surface area contributed by atoms with Gasteiger partial charge in [-0.1, -0.05) is 6.07 Å². The number of carbonyl (C=O) groups is 2. The van der Waals surface area contributed by atoms with Gasteiger partial charge < -0.3 is 15.0 Å². The molecule has 2 aromatic carbocycles. The number of fused-ring (bicyclic) bond motifs is 1. The largest absolute Gasteiger partial charge is 0.484 e. The Balaban J connectivity index is 1.39. The number of anilines is 2. The number of pyridine rings is 1. The van der Waals surface area contributed by atoms with Crippen LogP contribution in [0.25, 0.3) is 10.9 Å². The predicted molar refractivity (Wildman–Crippen MR) is 109 cm³/mol. The number of benzene rings is 2. The molecular formula is C22H21N3O3. The molecule has 2 heterocycles.